The molecule has 0 aliphatic rings. The number of thiophene rings is 1. The van der Waals surface area contributed by atoms with Crippen molar-refractivity contribution >= 4 is 45.9 Å². The smallest absolute Gasteiger partial charge is 0.267 e. The molecule has 0 aliphatic heterocycles. The predicted molar refractivity (Wildman–Crippen MR) is 91.4 cm³/mol. The summed E-state index contributed by atoms with van der Waals surface area (Å²) >= 11 is 9.00. The molecule has 0 saturated carbocycles. The van der Waals surface area contributed by atoms with Crippen molar-refractivity contribution in [3.63, 3.8) is 0 Å². The number of anilines is 1. The lowest BCUT2D eigenvalue weighted by Gasteiger charge is -2.06. The van der Waals surface area contributed by atoms with Crippen LogP contribution in [0.1, 0.15) is 9.67 Å². The minimum Gasteiger partial charge on any atom is -0.495 e. The van der Waals surface area contributed by atoms with Crippen LogP contribution in [0.25, 0.3) is 9.88 Å². The monoisotopic (exact) mass is 350 g/mol. The van der Waals surface area contributed by atoms with Gasteiger partial charge >= 0.3 is 0 Å². The Morgan fingerprint density at radius 3 is 2.91 bits per heavy atom. The van der Waals surface area contributed by atoms with E-state index in [-0.39, 0.29) is 5.91 Å². The van der Waals surface area contributed by atoms with E-state index in [0.717, 1.165) is 9.88 Å². The van der Waals surface area contributed by atoms with Gasteiger partial charge in [0, 0.05) is 5.69 Å². The van der Waals surface area contributed by atoms with Crippen LogP contribution in [0.2, 0.25) is 5.02 Å². The second kappa shape index (κ2) is 6.48. The molecule has 0 bridgehead atoms. The molecule has 0 spiro atoms. The lowest BCUT2D eigenvalue weighted by atomic mass is 10.3. The minimum atomic E-state index is -0.207. The van der Waals surface area contributed by atoms with Crippen molar-refractivity contribution in [2.75, 3.05) is 12.4 Å². The molecule has 0 radical (unpaired) electrons. The van der Waals surface area contributed by atoms with Gasteiger partial charge in [0.05, 0.1) is 23.2 Å². The molecule has 3 aromatic rings. The normalized spacial score (nSPS) is 10.5. The topological polar surface area (TPSA) is 51.2 Å². The maximum Gasteiger partial charge on any atom is 0.267 e. The first-order valence-electron chi connectivity index (χ1n) is 6.32. The van der Waals surface area contributed by atoms with Gasteiger partial charge in [0.25, 0.3) is 5.91 Å². The number of amides is 1. The number of nitrogens with one attached hydrogen (secondary N) is 1. The van der Waals surface area contributed by atoms with Gasteiger partial charge in [-0.1, -0.05) is 17.7 Å². The number of ether oxygens (including phenoxy) is 1. The summed E-state index contributed by atoms with van der Waals surface area (Å²) < 4.78 is 5.08. The molecule has 22 heavy (non-hydrogen) atoms. The average Bonchev–Trinajstić information content (AvgIpc) is 3.18. The Morgan fingerprint density at radius 2 is 2.23 bits per heavy atom. The van der Waals surface area contributed by atoms with Gasteiger partial charge < -0.3 is 10.1 Å². The number of benzene rings is 1. The predicted octanol–water partition coefficient (Wildman–Crippen LogP) is 4.79. The zero-order chi connectivity index (χ0) is 15.5. The van der Waals surface area contributed by atoms with Gasteiger partial charge in [0.15, 0.2) is 0 Å². The summed E-state index contributed by atoms with van der Waals surface area (Å²) in [5.74, 6) is 0.360. The number of rotatable bonds is 4. The Labute approximate surface area is 140 Å². The first kappa shape index (κ1) is 15.0. The van der Waals surface area contributed by atoms with Crippen LogP contribution in [0.5, 0.6) is 5.75 Å². The Balaban J connectivity index is 1.76. The number of nitrogens with zero attached hydrogens (tertiary/aromatic N) is 1. The molecule has 2 aromatic heterocycles. The average molecular weight is 351 g/mol. The molecule has 0 unspecified atom stereocenters. The van der Waals surface area contributed by atoms with Gasteiger partial charge in [-0.15, -0.1) is 22.7 Å². The minimum absolute atomic E-state index is 0.207. The van der Waals surface area contributed by atoms with Crippen LogP contribution in [0, 0.1) is 0 Å². The summed E-state index contributed by atoms with van der Waals surface area (Å²) in [6.07, 6.45) is 1.58. The summed E-state index contributed by atoms with van der Waals surface area (Å²) in [6.45, 7) is 0. The fourth-order valence-electron chi connectivity index (χ4n) is 1.83. The summed E-state index contributed by atoms with van der Waals surface area (Å²) in [5, 5.41) is 6.07. The van der Waals surface area contributed by atoms with Crippen LogP contribution >= 0.6 is 34.3 Å². The molecule has 1 N–H and O–H groups in total. The number of carbonyl (C=O) groups is 1. The number of hydrogen-bond acceptors (Lipinski definition) is 5. The molecule has 7 heteroatoms. The number of halogens is 1. The van der Waals surface area contributed by atoms with Gasteiger partial charge in [-0.25, -0.2) is 4.98 Å². The lowest BCUT2D eigenvalue weighted by Crippen LogP contribution is -2.10. The maximum absolute atomic E-state index is 12.3. The van der Waals surface area contributed by atoms with Crippen LogP contribution in [0.15, 0.2) is 41.9 Å². The highest BCUT2D eigenvalue weighted by molar-refractivity contribution is 7.22. The SMILES string of the molecule is COc1ccc(NC(=O)c2cnc(-c3cccs3)s2)cc1Cl. The van der Waals surface area contributed by atoms with E-state index in [9.17, 15) is 4.79 Å². The van der Waals surface area contributed by atoms with Gasteiger partial charge in [0.1, 0.15) is 15.6 Å². The standard InChI is InChI=1S/C15H11ClN2O2S2/c1-20-11-5-4-9(7-10(11)16)18-14(19)13-8-17-15(22-13)12-3-2-6-21-12/h2-8H,1H3,(H,18,19). The molecule has 4 nitrogen and oxygen atoms in total. The van der Waals surface area contributed by atoms with Crippen LogP contribution in [-0.2, 0) is 0 Å². The zero-order valence-electron chi connectivity index (χ0n) is 11.5. The van der Waals surface area contributed by atoms with E-state index in [1.165, 1.54) is 11.3 Å². The molecule has 0 fully saturated rings. The highest BCUT2D eigenvalue weighted by Gasteiger charge is 2.13. The van der Waals surface area contributed by atoms with Crippen LogP contribution < -0.4 is 10.1 Å². The van der Waals surface area contributed by atoms with Gasteiger partial charge in [-0.2, -0.15) is 0 Å². The van der Waals surface area contributed by atoms with Crippen molar-refractivity contribution in [2.45, 2.75) is 0 Å². The molecule has 1 aromatic carbocycles. The van der Waals surface area contributed by atoms with E-state index in [2.05, 4.69) is 10.3 Å². The van der Waals surface area contributed by atoms with Gasteiger partial charge in [-0.05, 0) is 29.6 Å². The summed E-state index contributed by atoms with van der Waals surface area (Å²) in [5.41, 5.74) is 0.613. The third-order valence-electron chi connectivity index (χ3n) is 2.87. The second-order valence-electron chi connectivity index (χ2n) is 4.31. The summed E-state index contributed by atoms with van der Waals surface area (Å²) in [6, 6.07) is 9.04. The van der Waals surface area contributed by atoms with Crippen LogP contribution in [0.4, 0.5) is 5.69 Å². The van der Waals surface area contributed by atoms with Crippen molar-refractivity contribution in [1.82, 2.24) is 4.98 Å². The Morgan fingerprint density at radius 1 is 1.36 bits per heavy atom. The van der Waals surface area contributed by atoms with Gasteiger partial charge in [0.2, 0.25) is 0 Å². The number of hydrogen-bond donors (Lipinski definition) is 1. The van der Waals surface area contributed by atoms with Crippen LogP contribution in [0.3, 0.4) is 0 Å². The summed E-state index contributed by atoms with van der Waals surface area (Å²) in [4.78, 5) is 18.1. The zero-order valence-corrected chi connectivity index (χ0v) is 13.9. The molecule has 0 aliphatic carbocycles. The van der Waals surface area contributed by atoms with Crippen LogP contribution in [-0.4, -0.2) is 18.0 Å². The van der Waals surface area contributed by atoms with E-state index >= 15 is 0 Å². The third-order valence-corrected chi connectivity index (χ3v) is 5.20. The molecule has 3 rings (SSSR count). The fourth-order valence-corrected chi connectivity index (χ4v) is 3.70. The molecule has 1 amide bonds. The molecular formula is C15H11ClN2O2S2. The first-order chi connectivity index (χ1) is 10.7. The van der Waals surface area contributed by atoms with Crippen molar-refractivity contribution in [1.29, 1.82) is 0 Å². The van der Waals surface area contributed by atoms with Crippen molar-refractivity contribution < 1.29 is 9.53 Å². The number of aromatic nitrogens is 1. The lowest BCUT2D eigenvalue weighted by molar-refractivity contribution is 0.103. The molecule has 2 heterocycles. The van der Waals surface area contributed by atoms with E-state index < -0.39 is 0 Å². The van der Waals surface area contributed by atoms with E-state index in [1.807, 2.05) is 17.5 Å². The third kappa shape index (κ3) is 3.14. The molecular weight excluding hydrogens is 340 g/mol. The van der Waals surface area contributed by atoms with Crippen molar-refractivity contribution in [3.8, 4) is 15.6 Å². The molecule has 112 valence electrons. The number of methoxy groups -OCH3 is 1. The second-order valence-corrected chi connectivity index (χ2v) is 6.70. The highest BCUT2D eigenvalue weighted by atomic mass is 35.5. The summed E-state index contributed by atoms with van der Waals surface area (Å²) in [7, 11) is 1.54. The largest absolute Gasteiger partial charge is 0.495 e. The van der Waals surface area contributed by atoms with E-state index in [4.69, 9.17) is 16.3 Å². The number of thiazole rings is 1. The Hall–Kier alpha value is -1.89. The fraction of sp³-hybridized carbons (Fsp3) is 0.0667. The van der Waals surface area contributed by atoms with Crippen molar-refractivity contribution in [3.05, 3.63) is 51.8 Å². The van der Waals surface area contributed by atoms with E-state index in [1.54, 1.807) is 42.8 Å². The molecule has 0 atom stereocenters. The maximum atomic E-state index is 12.3. The Kier molecular flexibility index (Phi) is 4.42. The first-order valence-corrected chi connectivity index (χ1v) is 8.39. The van der Waals surface area contributed by atoms with Gasteiger partial charge in [-0.3, -0.25) is 4.79 Å². The van der Waals surface area contributed by atoms with E-state index in [0.29, 0.717) is 21.3 Å². The highest BCUT2D eigenvalue weighted by Crippen LogP contribution is 2.30. The van der Waals surface area contributed by atoms with Crippen molar-refractivity contribution in [2.24, 2.45) is 0 Å². The quantitative estimate of drug-likeness (QED) is 0.736. The Bertz CT molecular complexity index is 800. The number of carbonyl (C=O) groups excluding carboxylic acids is 1. The molecule has 0 saturated heterocycles.